The van der Waals surface area contributed by atoms with Gasteiger partial charge in [-0.1, -0.05) is 41.0 Å². The number of anilines is 3. The number of ether oxygens (including phenoxy) is 1. The van der Waals surface area contributed by atoms with Crippen LogP contribution in [0, 0.1) is 17.0 Å². The van der Waals surface area contributed by atoms with Crippen LogP contribution in [0.2, 0.25) is 5.02 Å². The number of para-hydroxylation sites is 1. The first-order valence-corrected chi connectivity index (χ1v) is 15.1. The molecule has 2 fully saturated rings. The third-order valence-electron chi connectivity index (χ3n) is 8.13. The molecule has 0 saturated carbocycles. The number of aryl methyl sites for hydroxylation is 1. The van der Waals surface area contributed by atoms with E-state index < -0.39 is 11.0 Å². The number of hydrogen-bond donors (Lipinski definition) is 2. The number of benzene rings is 3. The summed E-state index contributed by atoms with van der Waals surface area (Å²) in [6.07, 6.45) is 0. The van der Waals surface area contributed by atoms with Crippen molar-refractivity contribution in [1.29, 1.82) is 0 Å². The van der Waals surface area contributed by atoms with Crippen molar-refractivity contribution >= 4 is 52.2 Å². The quantitative estimate of drug-likeness (QED) is 0.144. The highest BCUT2D eigenvalue weighted by Gasteiger charge is 2.31. The second kappa shape index (κ2) is 13.0. The first kappa shape index (κ1) is 31.4. The van der Waals surface area contributed by atoms with E-state index >= 15 is 0 Å². The maximum Gasteiger partial charge on any atom is 0.329 e. The summed E-state index contributed by atoms with van der Waals surface area (Å²) in [5.74, 6) is 0.383. The van der Waals surface area contributed by atoms with Crippen molar-refractivity contribution in [1.82, 2.24) is 15.4 Å². The number of hydrogen-bond acceptors (Lipinski definition) is 10. The first-order valence-electron chi connectivity index (χ1n) is 14.7. The normalized spacial score (nSPS) is 14.7. The first-order chi connectivity index (χ1) is 22.6. The van der Waals surface area contributed by atoms with Gasteiger partial charge in [-0.15, -0.1) is 0 Å². The molecule has 6 rings (SSSR count). The highest BCUT2D eigenvalue weighted by Crippen LogP contribution is 2.38. The molecule has 2 aliphatic heterocycles. The third kappa shape index (κ3) is 6.27. The van der Waals surface area contributed by atoms with Gasteiger partial charge in [-0.05, 0) is 42.8 Å². The zero-order valence-corrected chi connectivity index (χ0v) is 26.2. The van der Waals surface area contributed by atoms with Gasteiger partial charge in [-0.3, -0.25) is 29.9 Å². The van der Waals surface area contributed by atoms with E-state index in [-0.39, 0.29) is 41.3 Å². The van der Waals surface area contributed by atoms with Crippen molar-refractivity contribution < 1.29 is 28.6 Å². The van der Waals surface area contributed by atoms with Crippen molar-refractivity contribution in [2.24, 2.45) is 0 Å². The van der Waals surface area contributed by atoms with E-state index in [1.807, 2.05) is 23.1 Å². The Balaban J connectivity index is 1.15. The molecule has 3 aromatic carbocycles. The highest BCUT2D eigenvalue weighted by molar-refractivity contribution is 6.33. The molecule has 242 valence electrons. The lowest BCUT2D eigenvalue weighted by Gasteiger charge is -2.36. The molecule has 3 heterocycles. The number of methoxy groups -OCH3 is 1. The number of nitro benzene ring substituents is 1. The van der Waals surface area contributed by atoms with Crippen molar-refractivity contribution in [2.45, 2.75) is 13.5 Å². The zero-order chi connectivity index (χ0) is 33.2. The fourth-order valence-electron chi connectivity index (χ4n) is 5.68. The standard InChI is InChI=1S/C32H30ClN7O7/c1-19-29(30(36-47-19)22-5-3-4-6-27(22)46-2)31(42)38-13-11-37(12-14-38)25-16-24(26(40(44)45)15-23(25)33)34-17-20-7-9-21(10-8-20)39-18-28(41)35-32(39)43/h3-10,15-16,34H,11-14,17-18H2,1-2H3,(H,35,41,43). The third-order valence-corrected chi connectivity index (χ3v) is 8.44. The molecule has 2 N–H and O–H groups in total. The monoisotopic (exact) mass is 659 g/mol. The number of nitrogens with one attached hydrogen (secondary N) is 2. The van der Waals surface area contributed by atoms with E-state index in [0.717, 1.165) is 5.56 Å². The van der Waals surface area contributed by atoms with Crippen molar-refractivity contribution in [3.63, 3.8) is 0 Å². The van der Waals surface area contributed by atoms with Crippen LogP contribution in [0.1, 0.15) is 21.7 Å². The largest absolute Gasteiger partial charge is 0.496 e. The average molecular weight is 660 g/mol. The summed E-state index contributed by atoms with van der Waals surface area (Å²) in [5, 5.41) is 21.7. The Morgan fingerprint density at radius 1 is 1.11 bits per heavy atom. The summed E-state index contributed by atoms with van der Waals surface area (Å²) in [7, 11) is 1.55. The van der Waals surface area contributed by atoms with E-state index in [2.05, 4.69) is 15.8 Å². The van der Waals surface area contributed by atoms with Crippen LogP contribution in [0.3, 0.4) is 0 Å². The fourth-order valence-corrected chi connectivity index (χ4v) is 5.96. The van der Waals surface area contributed by atoms with Gasteiger partial charge in [0.15, 0.2) is 0 Å². The molecule has 0 atom stereocenters. The molecule has 0 spiro atoms. The Bertz CT molecular complexity index is 1870. The summed E-state index contributed by atoms with van der Waals surface area (Å²) in [6, 6.07) is 16.7. The number of carbonyl (C=O) groups excluding carboxylic acids is 3. The van der Waals surface area contributed by atoms with Gasteiger partial charge >= 0.3 is 6.03 Å². The summed E-state index contributed by atoms with van der Waals surface area (Å²) < 4.78 is 10.9. The van der Waals surface area contributed by atoms with Crippen LogP contribution in [0.15, 0.2) is 65.2 Å². The Hall–Kier alpha value is -5.63. The van der Waals surface area contributed by atoms with Crippen LogP contribution in [-0.2, 0) is 11.3 Å². The lowest BCUT2D eigenvalue weighted by Crippen LogP contribution is -2.49. The van der Waals surface area contributed by atoms with Crippen LogP contribution < -0.4 is 25.2 Å². The topological polar surface area (TPSA) is 163 Å². The van der Waals surface area contributed by atoms with Crippen molar-refractivity contribution in [3.05, 3.63) is 92.7 Å². The van der Waals surface area contributed by atoms with E-state index in [1.165, 1.54) is 11.0 Å². The van der Waals surface area contributed by atoms with E-state index in [1.54, 1.807) is 55.3 Å². The van der Waals surface area contributed by atoms with Gasteiger partial charge in [-0.2, -0.15) is 0 Å². The molecule has 0 bridgehead atoms. The van der Waals surface area contributed by atoms with Crippen LogP contribution in [0.4, 0.5) is 27.5 Å². The minimum atomic E-state index is -0.499. The van der Waals surface area contributed by atoms with Crippen LogP contribution >= 0.6 is 11.6 Å². The molecule has 4 aromatic rings. The van der Waals surface area contributed by atoms with Gasteiger partial charge in [0.1, 0.15) is 35.0 Å². The number of nitrogens with zero attached hydrogens (tertiary/aromatic N) is 5. The number of amides is 4. The second-order valence-electron chi connectivity index (χ2n) is 11.0. The van der Waals surface area contributed by atoms with Crippen LogP contribution in [0.25, 0.3) is 11.3 Å². The Morgan fingerprint density at radius 3 is 2.49 bits per heavy atom. The molecule has 2 saturated heterocycles. The van der Waals surface area contributed by atoms with E-state index in [4.69, 9.17) is 20.9 Å². The summed E-state index contributed by atoms with van der Waals surface area (Å²) >= 11 is 6.57. The molecule has 0 radical (unpaired) electrons. The lowest BCUT2D eigenvalue weighted by molar-refractivity contribution is -0.383. The SMILES string of the molecule is COc1ccccc1-c1noc(C)c1C(=O)N1CCN(c2cc(NCc3ccc(N4CC(=O)NC4=O)cc3)c([N+](=O)[O-])cc2Cl)CC1. The number of carbonyl (C=O) groups is 3. The predicted octanol–water partition coefficient (Wildman–Crippen LogP) is 4.85. The maximum atomic E-state index is 13.7. The van der Waals surface area contributed by atoms with E-state index in [9.17, 15) is 24.5 Å². The van der Waals surface area contributed by atoms with Crippen LogP contribution in [-0.4, -0.2) is 72.7 Å². The van der Waals surface area contributed by atoms with Gasteiger partial charge in [-0.25, -0.2) is 4.79 Å². The lowest BCUT2D eigenvalue weighted by atomic mass is 10.0. The van der Waals surface area contributed by atoms with Gasteiger partial charge in [0.2, 0.25) is 5.91 Å². The van der Waals surface area contributed by atoms with Gasteiger partial charge in [0.25, 0.3) is 11.6 Å². The second-order valence-corrected chi connectivity index (χ2v) is 11.4. The number of aromatic nitrogens is 1. The van der Waals surface area contributed by atoms with Gasteiger partial charge in [0, 0.05) is 50.0 Å². The Labute approximate surface area is 274 Å². The molecule has 0 unspecified atom stereocenters. The molecule has 0 aliphatic carbocycles. The number of rotatable bonds is 9. The predicted molar refractivity (Wildman–Crippen MR) is 174 cm³/mol. The Kier molecular flexibility index (Phi) is 8.68. The minimum Gasteiger partial charge on any atom is -0.496 e. The minimum absolute atomic E-state index is 0.0529. The molecule has 1 aromatic heterocycles. The average Bonchev–Trinajstić information content (AvgIpc) is 3.63. The highest BCUT2D eigenvalue weighted by atomic mass is 35.5. The number of imide groups is 1. The number of urea groups is 1. The molecule has 4 amide bonds. The molecule has 14 nitrogen and oxygen atoms in total. The molecule has 15 heteroatoms. The number of piperazine rings is 1. The summed E-state index contributed by atoms with van der Waals surface area (Å²) in [6.45, 7) is 3.51. The van der Waals surface area contributed by atoms with E-state index in [0.29, 0.717) is 65.9 Å². The molecule has 2 aliphatic rings. The molecule has 47 heavy (non-hydrogen) atoms. The zero-order valence-electron chi connectivity index (χ0n) is 25.5. The number of nitro groups is 1. The molecular formula is C32H30ClN7O7. The van der Waals surface area contributed by atoms with Crippen LogP contribution in [0.5, 0.6) is 5.75 Å². The molecular weight excluding hydrogens is 630 g/mol. The van der Waals surface area contributed by atoms with Gasteiger partial charge in [0.05, 0.1) is 22.7 Å². The van der Waals surface area contributed by atoms with Crippen molar-refractivity contribution in [3.8, 4) is 17.0 Å². The van der Waals surface area contributed by atoms with Crippen molar-refractivity contribution in [2.75, 3.05) is 55.0 Å². The fraction of sp³-hybridized carbons (Fsp3) is 0.250. The maximum absolute atomic E-state index is 13.7. The Morgan fingerprint density at radius 2 is 1.83 bits per heavy atom. The summed E-state index contributed by atoms with van der Waals surface area (Å²) in [5.41, 5.74) is 3.49. The summed E-state index contributed by atoms with van der Waals surface area (Å²) in [4.78, 5) is 53.6. The van der Waals surface area contributed by atoms with Gasteiger partial charge < -0.3 is 24.4 Å². The smallest absolute Gasteiger partial charge is 0.329 e. The number of halogens is 1.